The minimum Gasteiger partial charge on any atom is -0.478 e. The zero-order valence-corrected chi connectivity index (χ0v) is 14.7. The highest BCUT2D eigenvalue weighted by Crippen LogP contribution is 2.11. The number of rotatable bonds is 7. The van der Waals surface area contributed by atoms with Gasteiger partial charge in [-0.25, -0.2) is 9.59 Å². The molecule has 0 saturated heterocycles. The number of hydrogen-bond acceptors (Lipinski definition) is 5. The summed E-state index contributed by atoms with van der Waals surface area (Å²) in [4.78, 5) is 34.2. The van der Waals surface area contributed by atoms with E-state index in [-0.39, 0.29) is 17.1 Å². The predicted molar refractivity (Wildman–Crippen MR) is 96.5 cm³/mol. The number of carboxylic acid groups (broad SMARTS) is 1. The van der Waals surface area contributed by atoms with Gasteiger partial charge in [-0.15, -0.1) is 0 Å². The standard InChI is InChI=1S/C18H17NO6S/c1-25-18(23)14-4-2-3-12(9-14)10-26(24)11-16(20)19-15-7-5-13(6-8-15)17(21)22/h2-9H,10-11H2,1H3,(H,19,20)(H,21,22). The van der Waals surface area contributed by atoms with Gasteiger partial charge in [-0.05, 0) is 42.0 Å². The van der Waals surface area contributed by atoms with Crippen LogP contribution in [-0.2, 0) is 26.1 Å². The van der Waals surface area contributed by atoms with Crippen LogP contribution in [0.2, 0.25) is 0 Å². The van der Waals surface area contributed by atoms with Crippen molar-refractivity contribution in [3.05, 3.63) is 65.2 Å². The van der Waals surface area contributed by atoms with E-state index in [9.17, 15) is 18.6 Å². The van der Waals surface area contributed by atoms with Crippen molar-refractivity contribution >= 4 is 34.3 Å². The van der Waals surface area contributed by atoms with Crippen LogP contribution in [0.3, 0.4) is 0 Å². The molecule has 1 atom stereocenters. The highest BCUT2D eigenvalue weighted by atomic mass is 32.2. The van der Waals surface area contributed by atoms with Gasteiger partial charge in [0.1, 0.15) is 5.75 Å². The van der Waals surface area contributed by atoms with Gasteiger partial charge in [0.15, 0.2) is 0 Å². The largest absolute Gasteiger partial charge is 0.478 e. The number of aromatic carboxylic acids is 1. The normalized spacial score (nSPS) is 11.4. The Kier molecular flexibility index (Phi) is 6.62. The Morgan fingerprint density at radius 2 is 1.77 bits per heavy atom. The van der Waals surface area contributed by atoms with Gasteiger partial charge in [-0.2, -0.15) is 0 Å². The number of methoxy groups -OCH3 is 1. The fraction of sp³-hybridized carbons (Fsp3) is 0.167. The van der Waals surface area contributed by atoms with Crippen LogP contribution in [0.5, 0.6) is 0 Å². The molecule has 7 nitrogen and oxygen atoms in total. The molecule has 2 N–H and O–H groups in total. The van der Waals surface area contributed by atoms with Gasteiger partial charge in [-0.1, -0.05) is 12.1 Å². The number of carboxylic acids is 1. The van der Waals surface area contributed by atoms with Crippen molar-refractivity contribution in [1.82, 2.24) is 0 Å². The molecule has 0 spiro atoms. The van der Waals surface area contributed by atoms with E-state index in [1.54, 1.807) is 24.3 Å². The first-order chi connectivity index (χ1) is 12.4. The smallest absolute Gasteiger partial charge is 0.337 e. The van der Waals surface area contributed by atoms with E-state index in [2.05, 4.69) is 10.1 Å². The highest BCUT2D eigenvalue weighted by Gasteiger charge is 2.12. The summed E-state index contributed by atoms with van der Waals surface area (Å²) >= 11 is 0. The van der Waals surface area contributed by atoms with Crippen LogP contribution in [0, 0.1) is 0 Å². The highest BCUT2D eigenvalue weighted by molar-refractivity contribution is 7.84. The first kappa shape index (κ1) is 19.3. The third-order valence-electron chi connectivity index (χ3n) is 3.38. The molecule has 0 aliphatic rings. The van der Waals surface area contributed by atoms with Crippen molar-refractivity contribution in [3.63, 3.8) is 0 Å². The van der Waals surface area contributed by atoms with Crippen molar-refractivity contribution in [3.8, 4) is 0 Å². The molecule has 0 bridgehead atoms. The Hall–Kier alpha value is -3.00. The molecule has 0 radical (unpaired) electrons. The van der Waals surface area contributed by atoms with Crippen LogP contribution in [-0.4, -0.2) is 40.0 Å². The third kappa shape index (κ3) is 5.52. The Balaban J connectivity index is 1.92. The Bertz CT molecular complexity index is 847. The number of carbonyl (C=O) groups excluding carboxylic acids is 2. The summed E-state index contributed by atoms with van der Waals surface area (Å²) in [5.41, 5.74) is 1.54. The molecular formula is C18H17NO6S. The van der Waals surface area contributed by atoms with Gasteiger partial charge in [0.25, 0.3) is 0 Å². The molecule has 0 aliphatic carbocycles. The van der Waals surface area contributed by atoms with Crippen LogP contribution in [0.25, 0.3) is 0 Å². The molecule has 0 fully saturated rings. The maximum Gasteiger partial charge on any atom is 0.337 e. The van der Waals surface area contributed by atoms with Gasteiger partial charge in [-0.3, -0.25) is 9.00 Å². The summed E-state index contributed by atoms with van der Waals surface area (Å²) in [7, 11) is -0.190. The number of anilines is 1. The van der Waals surface area contributed by atoms with Crippen LogP contribution < -0.4 is 5.32 Å². The van der Waals surface area contributed by atoms with Crippen molar-refractivity contribution in [1.29, 1.82) is 0 Å². The fourth-order valence-electron chi connectivity index (χ4n) is 2.18. The molecule has 136 valence electrons. The summed E-state index contributed by atoms with van der Waals surface area (Å²) in [5.74, 6) is -2.09. The molecule has 2 aromatic carbocycles. The number of benzene rings is 2. The Morgan fingerprint density at radius 3 is 2.38 bits per heavy atom. The van der Waals surface area contributed by atoms with Crippen LogP contribution in [0.4, 0.5) is 5.69 Å². The second-order valence-electron chi connectivity index (χ2n) is 5.35. The fourth-order valence-corrected chi connectivity index (χ4v) is 3.20. The molecule has 1 amide bonds. The molecule has 2 rings (SSSR count). The van der Waals surface area contributed by atoms with Gasteiger partial charge in [0.05, 0.1) is 18.2 Å². The first-order valence-corrected chi connectivity index (χ1v) is 9.03. The lowest BCUT2D eigenvalue weighted by Gasteiger charge is -2.07. The Morgan fingerprint density at radius 1 is 1.08 bits per heavy atom. The van der Waals surface area contributed by atoms with Crippen LogP contribution in [0.15, 0.2) is 48.5 Å². The second kappa shape index (κ2) is 8.91. The van der Waals surface area contributed by atoms with Crippen molar-refractivity contribution in [2.24, 2.45) is 0 Å². The van der Waals surface area contributed by atoms with E-state index in [0.29, 0.717) is 16.8 Å². The predicted octanol–water partition coefficient (Wildman–Crippen LogP) is 2.06. The minimum absolute atomic E-state index is 0.108. The van der Waals surface area contributed by atoms with Crippen molar-refractivity contribution in [2.75, 3.05) is 18.2 Å². The minimum atomic E-state index is -1.47. The third-order valence-corrected chi connectivity index (χ3v) is 4.62. The monoisotopic (exact) mass is 375 g/mol. The van der Waals surface area contributed by atoms with Crippen LogP contribution >= 0.6 is 0 Å². The lowest BCUT2D eigenvalue weighted by atomic mass is 10.1. The molecule has 8 heteroatoms. The summed E-state index contributed by atoms with van der Waals surface area (Å²) in [6.07, 6.45) is 0. The van der Waals surface area contributed by atoms with Gasteiger partial charge >= 0.3 is 11.9 Å². The molecule has 2 aromatic rings. The average molecular weight is 375 g/mol. The number of ether oxygens (including phenoxy) is 1. The van der Waals surface area contributed by atoms with Gasteiger partial charge in [0, 0.05) is 22.2 Å². The van der Waals surface area contributed by atoms with E-state index in [0.717, 1.165) is 0 Å². The first-order valence-electron chi connectivity index (χ1n) is 7.54. The number of amides is 1. The molecule has 0 saturated carbocycles. The van der Waals surface area contributed by atoms with E-state index in [1.807, 2.05) is 0 Å². The molecule has 0 heterocycles. The maximum atomic E-state index is 12.2. The van der Waals surface area contributed by atoms with Crippen molar-refractivity contribution in [2.45, 2.75) is 5.75 Å². The zero-order valence-electron chi connectivity index (χ0n) is 13.9. The second-order valence-corrected chi connectivity index (χ2v) is 6.81. The topological polar surface area (TPSA) is 110 Å². The molecule has 0 aromatic heterocycles. The molecule has 1 unspecified atom stereocenters. The molecular weight excluding hydrogens is 358 g/mol. The number of hydrogen-bond donors (Lipinski definition) is 2. The lowest BCUT2D eigenvalue weighted by molar-refractivity contribution is -0.113. The van der Waals surface area contributed by atoms with Gasteiger partial charge < -0.3 is 15.2 Å². The average Bonchev–Trinajstić information content (AvgIpc) is 2.61. The SMILES string of the molecule is COC(=O)c1cccc(CS(=O)CC(=O)Nc2ccc(C(=O)O)cc2)c1. The maximum absolute atomic E-state index is 12.2. The summed E-state index contributed by atoms with van der Waals surface area (Å²) in [6, 6.07) is 12.2. The van der Waals surface area contributed by atoms with E-state index in [4.69, 9.17) is 5.11 Å². The molecule has 0 aliphatic heterocycles. The van der Waals surface area contributed by atoms with Crippen molar-refractivity contribution < 1.29 is 28.4 Å². The lowest BCUT2D eigenvalue weighted by Crippen LogP contribution is -2.20. The summed E-state index contributed by atoms with van der Waals surface area (Å²) < 4.78 is 16.8. The Labute approximate surface area is 152 Å². The van der Waals surface area contributed by atoms with E-state index < -0.39 is 28.6 Å². The summed E-state index contributed by atoms with van der Waals surface area (Å²) in [6.45, 7) is 0. The van der Waals surface area contributed by atoms with Gasteiger partial charge in [0.2, 0.25) is 5.91 Å². The molecule has 26 heavy (non-hydrogen) atoms. The van der Waals surface area contributed by atoms with Crippen LogP contribution in [0.1, 0.15) is 26.3 Å². The summed E-state index contributed by atoms with van der Waals surface area (Å²) in [5, 5.41) is 11.4. The number of carbonyl (C=O) groups is 3. The number of nitrogens with one attached hydrogen (secondary N) is 1. The quantitative estimate of drug-likeness (QED) is 0.717. The van der Waals surface area contributed by atoms with E-state index in [1.165, 1.54) is 31.4 Å². The zero-order chi connectivity index (χ0) is 19.1. The number of esters is 1. The van der Waals surface area contributed by atoms with E-state index >= 15 is 0 Å².